The summed E-state index contributed by atoms with van der Waals surface area (Å²) in [7, 11) is 3.07. The van der Waals surface area contributed by atoms with E-state index in [0.717, 1.165) is 5.56 Å². The van der Waals surface area contributed by atoms with Crippen LogP contribution in [-0.2, 0) is 6.42 Å². The number of anilines is 1. The van der Waals surface area contributed by atoms with Gasteiger partial charge in [0.25, 0.3) is 11.5 Å². The first kappa shape index (κ1) is 19.2. The third-order valence-electron chi connectivity index (χ3n) is 4.37. The number of aromatic amines is 1. The Balaban J connectivity index is 1.76. The summed E-state index contributed by atoms with van der Waals surface area (Å²) >= 11 is 0. The smallest absolute Gasteiger partial charge is 0.261 e. The summed E-state index contributed by atoms with van der Waals surface area (Å²) in [6, 6.07) is 8.80. The van der Waals surface area contributed by atoms with Gasteiger partial charge in [-0.15, -0.1) is 0 Å². The number of carbonyl (C=O) groups is 1. The molecule has 0 aliphatic carbocycles. The largest absolute Gasteiger partial charge is 0.504 e. The van der Waals surface area contributed by atoms with Crippen LogP contribution in [0.25, 0.3) is 10.9 Å². The van der Waals surface area contributed by atoms with Gasteiger partial charge in [-0.25, -0.2) is 4.39 Å². The van der Waals surface area contributed by atoms with E-state index >= 15 is 0 Å². The highest BCUT2D eigenvalue weighted by Gasteiger charge is 2.14. The SMILES string of the molecule is CNc1cc(F)cc2cc(C(=O)NCCc3ccc(O)c(OC)c3)c(=O)[nH]c12. The maximum atomic E-state index is 13.7. The molecule has 3 aromatic rings. The van der Waals surface area contributed by atoms with Crippen molar-refractivity contribution in [3.05, 3.63) is 63.7 Å². The van der Waals surface area contributed by atoms with Crippen molar-refractivity contribution in [3.8, 4) is 11.5 Å². The quantitative estimate of drug-likeness (QED) is 0.522. The minimum Gasteiger partial charge on any atom is -0.504 e. The summed E-state index contributed by atoms with van der Waals surface area (Å²) in [6.45, 7) is 0.273. The number of hydrogen-bond acceptors (Lipinski definition) is 5. The molecule has 7 nitrogen and oxygen atoms in total. The summed E-state index contributed by atoms with van der Waals surface area (Å²) in [4.78, 5) is 27.3. The van der Waals surface area contributed by atoms with Crippen LogP contribution in [0.4, 0.5) is 10.1 Å². The molecule has 0 bridgehead atoms. The highest BCUT2D eigenvalue weighted by Crippen LogP contribution is 2.26. The molecule has 0 unspecified atom stereocenters. The Kier molecular flexibility index (Phi) is 5.49. The molecular weight excluding hydrogens is 365 g/mol. The van der Waals surface area contributed by atoms with Gasteiger partial charge < -0.3 is 25.5 Å². The number of fused-ring (bicyclic) bond motifs is 1. The van der Waals surface area contributed by atoms with Crippen molar-refractivity contribution in [1.82, 2.24) is 10.3 Å². The van der Waals surface area contributed by atoms with E-state index in [1.165, 1.54) is 31.4 Å². The third-order valence-corrected chi connectivity index (χ3v) is 4.37. The van der Waals surface area contributed by atoms with E-state index in [4.69, 9.17) is 4.74 Å². The van der Waals surface area contributed by atoms with Crippen LogP contribution in [0, 0.1) is 5.82 Å². The van der Waals surface area contributed by atoms with Gasteiger partial charge in [0.1, 0.15) is 11.4 Å². The maximum Gasteiger partial charge on any atom is 0.261 e. The lowest BCUT2D eigenvalue weighted by molar-refractivity contribution is 0.0953. The number of rotatable bonds is 6. The molecule has 146 valence electrons. The van der Waals surface area contributed by atoms with Gasteiger partial charge in [0, 0.05) is 19.0 Å². The van der Waals surface area contributed by atoms with Crippen molar-refractivity contribution in [2.45, 2.75) is 6.42 Å². The van der Waals surface area contributed by atoms with E-state index in [-0.39, 0.29) is 17.9 Å². The molecule has 0 saturated heterocycles. The summed E-state index contributed by atoms with van der Waals surface area (Å²) < 4.78 is 18.8. The van der Waals surface area contributed by atoms with Gasteiger partial charge >= 0.3 is 0 Å². The molecule has 0 spiro atoms. The molecule has 1 aromatic heterocycles. The van der Waals surface area contributed by atoms with Crippen LogP contribution in [0.5, 0.6) is 11.5 Å². The second kappa shape index (κ2) is 7.99. The Morgan fingerprint density at radius 1 is 1.25 bits per heavy atom. The lowest BCUT2D eigenvalue weighted by Gasteiger charge is -2.10. The zero-order valence-corrected chi connectivity index (χ0v) is 15.4. The minimum absolute atomic E-state index is 0.0335. The number of amides is 1. The number of phenolic OH excluding ortho intramolecular Hbond substituents is 1. The molecule has 0 aliphatic rings. The number of benzene rings is 2. The van der Waals surface area contributed by atoms with Crippen LogP contribution in [0.1, 0.15) is 15.9 Å². The standard InChI is InChI=1S/C20H20FN3O4/c1-22-15-10-13(21)8-12-9-14(20(27)24-18(12)15)19(26)23-6-5-11-3-4-16(25)17(7-11)28-2/h3-4,7-10,22,25H,5-6H2,1-2H3,(H,23,26)(H,24,27). The van der Waals surface area contributed by atoms with Crippen LogP contribution >= 0.6 is 0 Å². The first-order valence-electron chi connectivity index (χ1n) is 8.61. The Morgan fingerprint density at radius 3 is 2.75 bits per heavy atom. The van der Waals surface area contributed by atoms with Crippen molar-refractivity contribution in [2.24, 2.45) is 0 Å². The summed E-state index contributed by atoms with van der Waals surface area (Å²) in [5.74, 6) is -0.649. The van der Waals surface area contributed by atoms with E-state index in [0.29, 0.717) is 28.8 Å². The first-order chi connectivity index (χ1) is 13.4. The van der Waals surface area contributed by atoms with Crippen molar-refractivity contribution in [2.75, 3.05) is 26.0 Å². The summed E-state index contributed by atoms with van der Waals surface area (Å²) in [5, 5.41) is 15.5. The van der Waals surface area contributed by atoms with Crippen LogP contribution in [0.15, 0.2) is 41.2 Å². The van der Waals surface area contributed by atoms with Crippen molar-refractivity contribution >= 4 is 22.5 Å². The lowest BCUT2D eigenvalue weighted by atomic mass is 10.1. The number of ether oxygens (including phenoxy) is 1. The van der Waals surface area contributed by atoms with Gasteiger partial charge in [-0.1, -0.05) is 6.07 Å². The molecule has 0 radical (unpaired) electrons. The number of aromatic nitrogens is 1. The Labute approximate surface area is 160 Å². The minimum atomic E-state index is -0.556. The second-order valence-electron chi connectivity index (χ2n) is 6.19. The number of halogens is 1. The number of H-pyrrole nitrogens is 1. The fourth-order valence-electron chi connectivity index (χ4n) is 2.94. The summed E-state index contributed by atoms with van der Waals surface area (Å²) in [5.41, 5.74) is 1.06. The Morgan fingerprint density at radius 2 is 2.04 bits per heavy atom. The molecule has 0 saturated carbocycles. The lowest BCUT2D eigenvalue weighted by Crippen LogP contribution is -2.31. The first-order valence-corrected chi connectivity index (χ1v) is 8.61. The van der Waals surface area contributed by atoms with Crippen molar-refractivity contribution < 1.29 is 19.0 Å². The highest BCUT2D eigenvalue weighted by atomic mass is 19.1. The zero-order valence-electron chi connectivity index (χ0n) is 15.4. The zero-order chi connectivity index (χ0) is 20.3. The average molecular weight is 385 g/mol. The van der Waals surface area contributed by atoms with Crippen LogP contribution < -0.4 is 20.9 Å². The molecule has 28 heavy (non-hydrogen) atoms. The molecule has 2 aromatic carbocycles. The normalized spacial score (nSPS) is 10.7. The van der Waals surface area contributed by atoms with Crippen molar-refractivity contribution in [3.63, 3.8) is 0 Å². The van der Waals surface area contributed by atoms with Crippen LogP contribution in [0.3, 0.4) is 0 Å². The molecule has 0 atom stereocenters. The molecule has 8 heteroatoms. The third kappa shape index (κ3) is 3.90. The van der Waals surface area contributed by atoms with Gasteiger partial charge in [0.2, 0.25) is 0 Å². The molecule has 1 heterocycles. The monoisotopic (exact) mass is 385 g/mol. The molecule has 1 amide bonds. The van der Waals surface area contributed by atoms with E-state index in [9.17, 15) is 19.1 Å². The van der Waals surface area contributed by atoms with Gasteiger partial charge in [-0.3, -0.25) is 9.59 Å². The predicted octanol–water partition coefficient (Wildman–Crippen LogP) is 2.40. The van der Waals surface area contributed by atoms with Crippen LogP contribution in [-0.4, -0.2) is 36.7 Å². The van der Waals surface area contributed by atoms with E-state index in [1.807, 2.05) is 0 Å². The van der Waals surface area contributed by atoms with Crippen molar-refractivity contribution in [1.29, 1.82) is 0 Å². The number of pyridine rings is 1. The number of phenols is 1. The topological polar surface area (TPSA) is 103 Å². The number of aromatic hydroxyl groups is 1. The molecule has 4 N–H and O–H groups in total. The van der Waals surface area contributed by atoms with Gasteiger partial charge in [-0.05, 0) is 42.3 Å². The van der Waals surface area contributed by atoms with Gasteiger partial charge in [0.05, 0.1) is 18.3 Å². The van der Waals surface area contributed by atoms with Gasteiger partial charge in [0.15, 0.2) is 11.5 Å². The average Bonchev–Trinajstić information content (AvgIpc) is 2.68. The number of methoxy groups -OCH3 is 1. The number of hydrogen-bond donors (Lipinski definition) is 4. The van der Waals surface area contributed by atoms with Crippen LogP contribution in [0.2, 0.25) is 0 Å². The molecule has 3 rings (SSSR count). The Hall–Kier alpha value is -3.55. The predicted molar refractivity (Wildman–Crippen MR) is 105 cm³/mol. The fourth-order valence-corrected chi connectivity index (χ4v) is 2.94. The molecule has 0 aliphatic heterocycles. The Bertz CT molecular complexity index is 1090. The van der Waals surface area contributed by atoms with E-state index in [2.05, 4.69) is 15.6 Å². The fraction of sp³-hybridized carbons (Fsp3) is 0.200. The maximum absolute atomic E-state index is 13.7. The second-order valence-corrected chi connectivity index (χ2v) is 6.19. The van der Waals surface area contributed by atoms with E-state index < -0.39 is 17.3 Å². The van der Waals surface area contributed by atoms with Gasteiger partial charge in [-0.2, -0.15) is 0 Å². The summed E-state index contributed by atoms with van der Waals surface area (Å²) in [6.07, 6.45) is 0.479. The highest BCUT2D eigenvalue weighted by molar-refractivity contribution is 5.99. The number of carbonyl (C=O) groups excluding carboxylic acids is 1. The molecular formula is C20H20FN3O4. The van der Waals surface area contributed by atoms with E-state index in [1.54, 1.807) is 19.2 Å². The number of nitrogens with one attached hydrogen (secondary N) is 3. The molecule has 0 fully saturated rings.